The van der Waals surface area contributed by atoms with Crippen LogP contribution in [-0.2, 0) is 17.1 Å². The summed E-state index contributed by atoms with van der Waals surface area (Å²) in [6, 6.07) is 8.53. The Morgan fingerprint density at radius 3 is 2.70 bits per heavy atom. The normalized spacial score (nSPS) is 19.3. The summed E-state index contributed by atoms with van der Waals surface area (Å²) in [4.78, 5) is 0. The van der Waals surface area contributed by atoms with Crippen LogP contribution in [-0.4, -0.2) is 42.1 Å². The third-order valence-electron chi connectivity index (χ3n) is 3.81. The fourth-order valence-electron chi connectivity index (χ4n) is 2.72. The van der Waals surface area contributed by atoms with Gasteiger partial charge in [-0.05, 0) is 17.7 Å². The van der Waals surface area contributed by atoms with Gasteiger partial charge >= 0.3 is 0 Å². The van der Waals surface area contributed by atoms with Crippen molar-refractivity contribution in [3.63, 3.8) is 0 Å². The SMILES string of the molecule is Cl.Cn1nccc1S(=O)(=O)N1CCNCC1c1ccccc1Cl. The van der Waals surface area contributed by atoms with Crippen LogP contribution < -0.4 is 5.32 Å². The molecule has 1 aliphatic rings. The monoisotopic (exact) mass is 376 g/mol. The highest BCUT2D eigenvalue weighted by molar-refractivity contribution is 7.89. The molecule has 23 heavy (non-hydrogen) atoms. The number of aryl methyl sites for hydroxylation is 1. The summed E-state index contributed by atoms with van der Waals surface area (Å²) in [5.74, 6) is 0. The lowest BCUT2D eigenvalue weighted by Gasteiger charge is -2.35. The average molecular weight is 377 g/mol. The van der Waals surface area contributed by atoms with Crippen molar-refractivity contribution in [3.05, 3.63) is 47.1 Å². The van der Waals surface area contributed by atoms with Crippen LogP contribution in [0.4, 0.5) is 0 Å². The minimum Gasteiger partial charge on any atom is -0.313 e. The van der Waals surface area contributed by atoms with Crippen molar-refractivity contribution >= 4 is 34.0 Å². The van der Waals surface area contributed by atoms with E-state index in [1.807, 2.05) is 18.2 Å². The smallest absolute Gasteiger partial charge is 0.260 e. The Labute approximate surface area is 146 Å². The maximum atomic E-state index is 13.0. The van der Waals surface area contributed by atoms with Crippen molar-refractivity contribution in [1.29, 1.82) is 0 Å². The van der Waals surface area contributed by atoms with Gasteiger partial charge in [-0.25, -0.2) is 8.42 Å². The molecule has 2 heterocycles. The largest absolute Gasteiger partial charge is 0.313 e. The van der Waals surface area contributed by atoms with E-state index in [1.54, 1.807) is 13.1 Å². The summed E-state index contributed by atoms with van der Waals surface area (Å²) in [6.45, 7) is 1.53. The molecule has 1 atom stereocenters. The molecule has 1 fully saturated rings. The maximum Gasteiger partial charge on any atom is 0.260 e. The molecule has 0 aliphatic carbocycles. The Bertz CT molecular complexity index is 779. The number of rotatable bonds is 3. The zero-order chi connectivity index (χ0) is 15.7. The van der Waals surface area contributed by atoms with E-state index in [-0.39, 0.29) is 23.5 Å². The minimum atomic E-state index is -3.63. The van der Waals surface area contributed by atoms with E-state index >= 15 is 0 Å². The van der Waals surface area contributed by atoms with Gasteiger partial charge in [-0.3, -0.25) is 4.68 Å². The molecule has 3 rings (SSSR count). The fourth-order valence-corrected chi connectivity index (χ4v) is 4.69. The Morgan fingerprint density at radius 1 is 1.30 bits per heavy atom. The van der Waals surface area contributed by atoms with Crippen molar-refractivity contribution in [2.75, 3.05) is 19.6 Å². The zero-order valence-corrected chi connectivity index (χ0v) is 14.9. The molecule has 0 amide bonds. The van der Waals surface area contributed by atoms with Gasteiger partial charge in [0.2, 0.25) is 0 Å². The third kappa shape index (κ3) is 3.39. The van der Waals surface area contributed by atoms with E-state index < -0.39 is 10.0 Å². The quantitative estimate of drug-likeness (QED) is 0.886. The summed E-state index contributed by atoms with van der Waals surface area (Å²) in [5.41, 5.74) is 0.808. The highest BCUT2D eigenvalue weighted by Gasteiger charge is 2.36. The standard InChI is InChI=1S/C14H17ClN4O2S.ClH/c1-18-14(6-7-17-18)22(20,21)19-9-8-16-10-13(19)11-4-2-3-5-12(11)15;/h2-7,13,16H,8-10H2,1H3;1H. The molecule has 9 heteroatoms. The van der Waals surface area contributed by atoms with Crippen LogP contribution in [0.25, 0.3) is 0 Å². The Balaban J connectivity index is 0.00000192. The molecule has 1 unspecified atom stereocenters. The Kier molecular flexibility index (Phi) is 5.70. The first-order chi connectivity index (χ1) is 10.5. The molecule has 2 aromatic rings. The average Bonchev–Trinajstić information content (AvgIpc) is 2.95. The van der Waals surface area contributed by atoms with Gasteiger partial charge in [0.1, 0.15) is 0 Å². The van der Waals surface area contributed by atoms with Gasteiger partial charge in [-0.1, -0.05) is 29.8 Å². The van der Waals surface area contributed by atoms with Gasteiger partial charge in [0.05, 0.1) is 12.2 Å². The van der Waals surface area contributed by atoms with Crippen molar-refractivity contribution in [2.24, 2.45) is 7.05 Å². The van der Waals surface area contributed by atoms with E-state index in [2.05, 4.69) is 10.4 Å². The van der Waals surface area contributed by atoms with E-state index in [0.717, 1.165) is 5.56 Å². The zero-order valence-electron chi connectivity index (χ0n) is 12.5. The number of hydrogen-bond donors (Lipinski definition) is 1. The summed E-state index contributed by atoms with van der Waals surface area (Å²) in [7, 11) is -2.00. The van der Waals surface area contributed by atoms with Crippen LogP contribution >= 0.6 is 24.0 Å². The second-order valence-corrected chi connectivity index (χ2v) is 7.39. The molecule has 1 aromatic carbocycles. The van der Waals surface area contributed by atoms with Gasteiger partial charge in [0.15, 0.2) is 5.03 Å². The summed E-state index contributed by atoms with van der Waals surface area (Å²) in [5, 5.41) is 7.95. The molecule has 1 aromatic heterocycles. The molecule has 1 N–H and O–H groups in total. The molecule has 0 radical (unpaired) electrons. The number of nitrogens with one attached hydrogen (secondary N) is 1. The first-order valence-corrected chi connectivity index (χ1v) is 8.78. The highest BCUT2D eigenvalue weighted by Crippen LogP contribution is 2.32. The van der Waals surface area contributed by atoms with Crippen molar-refractivity contribution < 1.29 is 8.42 Å². The van der Waals surface area contributed by atoms with E-state index in [4.69, 9.17) is 11.6 Å². The van der Waals surface area contributed by atoms with Gasteiger partial charge in [-0.15, -0.1) is 12.4 Å². The summed E-state index contributed by atoms with van der Waals surface area (Å²) in [6.07, 6.45) is 1.49. The number of aromatic nitrogens is 2. The molecular weight excluding hydrogens is 359 g/mol. The summed E-state index contributed by atoms with van der Waals surface area (Å²) >= 11 is 6.26. The number of hydrogen-bond acceptors (Lipinski definition) is 4. The number of sulfonamides is 1. The lowest BCUT2D eigenvalue weighted by molar-refractivity contribution is 0.270. The molecule has 1 aliphatic heterocycles. The molecule has 6 nitrogen and oxygen atoms in total. The third-order valence-corrected chi connectivity index (χ3v) is 6.14. The van der Waals surface area contributed by atoms with E-state index in [1.165, 1.54) is 21.3 Å². The maximum absolute atomic E-state index is 13.0. The predicted octanol–water partition coefficient (Wildman–Crippen LogP) is 1.83. The molecule has 0 spiro atoms. The minimum absolute atomic E-state index is 0. The van der Waals surface area contributed by atoms with Crippen molar-refractivity contribution in [3.8, 4) is 0 Å². The number of piperazine rings is 1. The second-order valence-electron chi connectivity index (χ2n) is 5.15. The molecule has 0 bridgehead atoms. The van der Waals surface area contributed by atoms with Crippen LogP contribution in [0.15, 0.2) is 41.6 Å². The number of halogens is 2. The van der Waals surface area contributed by atoms with Gasteiger partial charge < -0.3 is 5.32 Å². The van der Waals surface area contributed by atoms with Crippen LogP contribution in [0.1, 0.15) is 11.6 Å². The molecule has 1 saturated heterocycles. The Hall–Kier alpha value is -1.12. The van der Waals surface area contributed by atoms with Crippen molar-refractivity contribution in [1.82, 2.24) is 19.4 Å². The van der Waals surface area contributed by atoms with E-state index in [9.17, 15) is 8.42 Å². The molecular formula is C14H18Cl2N4O2S. The second kappa shape index (κ2) is 7.19. The molecule has 0 saturated carbocycles. The number of benzene rings is 1. The van der Waals surface area contributed by atoms with Crippen LogP contribution in [0.5, 0.6) is 0 Å². The van der Waals surface area contributed by atoms with Crippen molar-refractivity contribution in [2.45, 2.75) is 11.1 Å². The first kappa shape index (κ1) is 18.2. The predicted molar refractivity (Wildman–Crippen MR) is 91.4 cm³/mol. The van der Waals surface area contributed by atoms with E-state index in [0.29, 0.717) is 24.7 Å². The van der Waals surface area contributed by atoms with Gasteiger partial charge in [0.25, 0.3) is 10.0 Å². The van der Waals surface area contributed by atoms with Gasteiger partial charge in [0, 0.05) is 31.7 Å². The van der Waals surface area contributed by atoms with Gasteiger partial charge in [-0.2, -0.15) is 9.40 Å². The topological polar surface area (TPSA) is 67.2 Å². The van der Waals surface area contributed by atoms with Crippen LogP contribution in [0, 0.1) is 0 Å². The lowest BCUT2D eigenvalue weighted by Crippen LogP contribution is -2.49. The lowest BCUT2D eigenvalue weighted by atomic mass is 10.1. The highest BCUT2D eigenvalue weighted by atomic mass is 35.5. The van der Waals surface area contributed by atoms with Crippen LogP contribution in [0.2, 0.25) is 5.02 Å². The molecule has 126 valence electrons. The summed E-state index contributed by atoms with van der Waals surface area (Å²) < 4.78 is 28.8. The fraction of sp³-hybridized carbons (Fsp3) is 0.357. The number of nitrogens with zero attached hydrogens (tertiary/aromatic N) is 3. The van der Waals surface area contributed by atoms with Crippen LogP contribution in [0.3, 0.4) is 0 Å². The first-order valence-electron chi connectivity index (χ1n) is 6.97. The Morgan fingerprint density at radius 2 is 2.04 bits per heavy atom.